The Balaban J connectivity index is 3.22. The molecule has 0 bridgehead atoms. The number of carbonyl (C=O) groups excluding carboxylic acids is 2. The number of rotatable bonds is 6. The maximum Gasteiger partial charge on any atom is 0.283 e. The van der Waals surface area contributed by atoms with Crippen LogP contribution in [0.4, 0.5) is 5.69 Å². The summed E-state index contributed by atoms with van der Waals surface area (Å²) in [5.74, 6) is -0.670. The molecule has 0 radical (unpaired) electrons. The fourth-order valence-electron chi connectivity index (χ4n) is 1.24. The van der Waals surface area contributed by atoms with Crippen LogP contribution in [0.25, 0.3) is 0 Å². The van der Waals surface area contributed by atoms with Crippen molar-refractivity contribution >= 4 is 17.9 Å². The third-order valence-corrected chi connectivity index (χ3v) is 2.01. The summed E-state index contributed by atoms with van der Waals surface area (Å²) >= 11 is 0. The Morgan fingerprint density at radius 3 is 2.61 bits per heavy atom. The smallest absolute Gasteiger partial charge is 0.283 e. The quantitative estimate of drug-likeness (QED) is 0.442. The molecule has 1 aromatic rings. The molecule has 0 unspecified atom stereocenters. The van der Waals surface area contributed by atoms with Crippen LogP contribution in [0.1, 0.15) is 10.4 Å². The molecule has 0 atom stereocenters. The molecule has 0 aliphatic rings. The van der Waals surface area contributed by atoms with Crippen LogP contribution >= 0.6 is 0 Å². The summed E-state index contributed by atoms with van der Waals surface area (Å²) in [6.07, 6.45) is 0.332. The molecule has 0 heterocycles. The summed E-state index contributed by atoms with van der Waals surface area (Å²) in [7, 11) is 1.30. The van der Waals surface area contributed by atoms with Crippen molar-refractivity contribution in [2.24, 2.45) is 5.73 Å². The molecular weight excluding hydrogens is 244 g/mol. The molecule has 8 heteroatoms. The minimum absolute atomic E-state index is 0.0337. The van der Waals surface area contributed by atoms with Crippen molar-refractivity contribution in [1.29, 1.82) is 0 Å². The number of hydrogen-bond donors (Lipinski definition) is 1. The Morgan fingerprint density at radius 1 is 1.50 bits per heavy atom. The van der Waals surface area contributed by atoms with Gasteiger partial charge in [-0.05, 0) is 0 Å². The lowest BCUT2D eigenvalue weighted by Crippen LogP contribution is -2.20. The van der Waals surface area contributed by atoms with E-state index in [0.717, 1.165) is 12.1 Å². The topological polar surface area (TPSA) is 122 Å². The second-order valence-electron chi connectivity index (χ2n) is 3.19. The number of ether oxygens (including phenoxy) is 2. The molecule has 1 amide bonds. The number of nitrogens with zero attached hydrogens (tertiary/aromatic N) is 1. The Bertz CT molecular complexity index is 499. The first-order valence-corrected chi connectivity index (χ1v) is 4.72. The van der Waals surface area contributed by atoms with Gasteiger partial charge in [0, 0.05) is 6.07 Å². The van der Waals surface area contributed by atoms with E-state index in [4.69, 9.17) is 15.2 Å². The lowest BCUT2D eigenvalue weighted by molar-refractivity contribution is -0.385. The first-order valence-electron chi connectivity index (χ1n) is 4.72. The monoisotopic (exact) mass is 254 g/mol. The van der Waals surface area contributed by atoms with E-state index in [0.29, 0.717) is 6.29 Å². The first-order chi connectivity index (χ1) is 8.49. The largest absolute Gasteiger partial charge is 0.493 e. The van der Waals surface area contributed by atoms with E-state index in [9.17, 15) is 19.7 Å². The van der Waals surface area contributed by atoms with Crippen LogP contribution in [-0.2, 0) is 4.79 Å². The molecule has 1 rings (SSSR count). The average molecular weight is 254 g/mol. The summed E-state index contributed by atoms with van der Waals surface area (Å²) in [5.41, 5.74) is 4.30. The summed E-state index contributed by atoms with van der Waals surface area (Å²) < 4.78 is 9.86. The molecule has 0 aromatic heterocycles. The van der Waals surface area contributed by atoms with Crippen molar-refractivity contribution in [2.75, 3.05) is 13.7 Å². The van der Waals surface area contributed by atoms with E-state index >= 15 is 0 Å². The zero-order valence-electron chi connectivity index (χ0n) is 9.41. The molecule has 1 aromatic carbocycles. The molecule has 96 valence electrons. The van der Waals surface area contributed by atoms with Crippen molar-refractivity contribution in [1.82, 2.24) is 0 Å². The number of nitro benzene ring substituents is 1. The summed E-state index contributed by atoms with van der Waals surface area (Å²) in [6, 6.07) is 2.16. The molecule has 2 N–H and O–H groups in total. The number of nitro groups is 1. The normalized spacial score (nSPS) is 9.61. The van der Waals surface area contributed by atoms with Crippen LogP contribution in [0, 0.1) is 10.1 Å². The number of benzene rings is 1. The minimum Gasteiger partial charge on any atom is -0.493 e. The van der Waals surface area contributed by atoms with Gasteiger partial charge in [0.15, 0.2) is 24.4 Å². The van der Waals surface area contributed by atoms with Crippen molar-refractivity contribution in [3.8, 4) is 11.5 Å². The second kappa shape index (κ2) is 5.62. The number of aldehydes is 1. The van der Waals surface area contributed by atoms with E-state index in [1.807, 2.05) is 0 Å². The number of hydrogen-bond acceptors (Lipinski definition) is 6. The maximum atomic E-state index is 10.7. The molecule has 0 aliphatic heterocycles. The molecular formula is C10H10N2O6. The number of amides is 1. The Kier molecular flexibility index (Phi) is 4.19. The molecule has 0 saturated carbocycles. The predicted octanol–water partition coefficient (Wildman–Crippen LogP) is 0.280. The molecule has 18 heavy (non-hydrogen) atoms. The average Bonchev–Trinajstić information content (AvgIpc) is 2.34. The number of carbonyl (C=O) groups is 2. The Labute approximate surface area is 101 Å². The maximum absolute atomic E-state index is 10.7. The Morgan fingerprint density at radius 2 is 2.17 bits per heavy atom. The van der Waals surface area contributed by atoms with Gasteiger partial charge in [0.05, 0.1) is 23.7 Å². The summed E-state index contributed by atoms with van der Waals surface area (Å²) in [4.78, 5) is 31.3. The predicted molar refractivity (Wildman–Crippen MR) is 59.7 cm³/mol. The molecule has 0 aliphatic carbocycles. The van der Waals surface area contributed by atoms with E-state index in [-0.39, 0.29) is 17.1 Å². The lowest BCUT2D eigenvalue weighted by atomic mass is 10.1. The van der Waals surface area contributed by atoms with Gasteiger partial charge in [0.1, 0.15) is 0 Å². The third kappa shape index (κ3) is 2.94. The third-order valence-electron chi connectivity index (χ3n) is 2.01. The molecule has 0 spiro atoms. The van der Waals surface area contributed by atoms with Crippen molar-refractivity contribution in [3.05, 3.63) is 27.8 Å². The zero-order valence-corrected chi connectivity index (χ0v) is 9.41. The van der Waals surface area contributed by atoms with Gasteiger partial charge >= 0.3 is 0 Å². The van der Waals surface area contributed by atoms with Gasteiger partial charge < -0.3 is 15.2 Å². The number of methoxy groups -OCH3 is 1. The summed E-state index contributed by atoms with van der Waals surface area (Å²) in [5, 5.41) is 10.7. The van der Waals surface area contributed by atoms with Crippen molar-refractivity contribution in [2.45, 2.75) is 0 Å². The van der Waals surface area contributed by atoms with Gasteiger partial charge in [-0.15, -0.1) is 0 Å². The van der Waals surface area contributed by atoms with Crippen LogP contribution in [0.15, 0.2) is 12.1 Å². The van der Waals surface area contributed by atoms with Gasteiger partial charge in [-0.3, -0.25) is 19.7 Å². The van der Waals surface area contributed by atoms with Crippen LogP contribution in [0.3, 0.4) is 0 Å². The van der Waals surface area contributed by atoms with Gasteiger partial charge in [-0.2, -0.15) is 0 Å². The standard InChI is InChI=1S/C10H10N2O6/c1-17-8-2-6(4-13)7(12(15)16)3-9(8)18-5-10(11)14/h2-4H,5H2,1H3,(H2,11,14). The van der Waals surface area contributed by atoms with E-state index in [2.05, 4.69) is 0 Å². The highest BCUT2D eigenvalue weighted by molar-refractivity contribution is 5.83. The second-order valence-corrected chi connectivity index (χ2v) is 3.19. The highest BCUT2D eigenvalue weighted by Gasteiger charge is 2.19. The number of primary amides is 1. The van der Waals surface area contributed by atoms with Crippen LogP contribution in [0.2, 0.25) is 0 Å². The summed E-state index contributed by atoms with van der Waals surface area (Å²) in [6.45, 7) is -0.450. The van der Waals surface area contributed by atoms with Gasteiger partial charge in [-0.25, -0.2) is 0 Å². The van der Waals surface area contributed by atoms with Crippen LogP contribution in [0.5, 0.6) is 11.5 Å². The molecule has 0 fully saturated rings. The fourth-order valence-corrected chi connectivity index (χ4v) is 1.24. The molecule has 0 saturated heterocycles. The van der Waals surface area contributed by atoms with Gasteiger partial charge in [0.2, 0.25) is 0 Å². The fraction of sp³-hybridized carbons (Fsp3) is 0.200. The van der Waals surface area contributed by atoms with Crippen LogP contribution in [-0.4, -0.2) is 30.8 Å². The van der Waals surface area contributed by atoms with Crippen molar-refractivity contribution < 1.29 is 24.0 Å². The lowest BCUT2D eigenvalue weighted by Gasteiger charge is -2.09. The van der Waals surface area contributed by atoms with Gasteiger partial charge in [0.25, 0.3) is 11.6 Å². The minimum atomic E-state index is -0.737. The van der Waals surface area contributed by atoms with Gasteiger partial charge in [-0.1, -0.05) is 0 Å². The SMILES string of the molecule is COc1cc(C=O)c([N+](=O)[O-])cc1OCC(N)=O. The van der Waals surface area contributed by atoms with Crippen molar-refractivity contribution in [3.63, 3.8) is 0 Å². The zero-order chi connectivity index (χ0) is 13.7. The van der Waals surface area contributed by atoms with E-state index in [1.54, 1.807) is 0 Å². The highest BCUT2D eigenvalue weighted by Crippen LogP contribution is 2.33. The highest BCUT2D eigenvalue weighted by atomic mass is 16.6. The van der Waals surface area contributed by atoms with E-state index < -0.39 is 23.1 Å². The Hall–Kier alpha value is -2.64. The number of nitrogens with two attached hydrogens (primary N) is 1. The van der Waals surface area contributed by atoms with Crippen LogP contribution < -0.4 is 15.2 Å². The van der Waals surface area contributed by atoms with E-state index in [1.165, 1.54) is 7.11 Å². The molecule has 8 nitrogen and oxygen atoms in total. The first kappa shape index (κ1) is 13.4.